The van der Waals surface area contributed by atoms with Crippen LogP contribution in [0.15, 0.2) is 29.0 Å². The van der Waals surface area contributed by atoms with Crippen LogP contribution in [0.25, 0.3) is 0 Å². The highest BCUT2D eigenvalue weighted by Gasteiger charge is 2.63. The Bertz CT molecular complexity index is 892. The molecule has 0 aliphatic carbocycles. The molecule has 148 valence electrons. The molecule has 5 rings (SSSR count). The number of nitrogens with one attached hydrogen (secondary N) is 2. The highest BCUT2D eigenvalue weighted by molar-refractivity contribution is 5.91. The van der Waals surface area contributed by atoms with Gasteiger partial charge in [-0.2, -0.15) is 4.98 Å². The van der Waals surface area contributed by atoms with Crippen LogP contribution in [0.5, 0.6) is 0 Å². The van der Waals surface area contributed by atoms with Crippen LogP contribution < -0.4 is 15.5 Å². The normalized spacial score (nSPS) is 30.5. The molecular weight excluding hydrogens is 365 g/mol. The Balaban J connectivity index is 1.32. The van der Waals surface area contributed by atoms with Crippen LogP contribution in [-0.4, -0.2) is 54.3 Å². The predicted octanol–water partition coefficient (Wildman–Crippen LogP) is 1.66. The zero-order valence-corrected chi connectivity index (χ0v) is 15.5. The average Bonchev–Trinajstić information content (AvgIpc) is 3.46. The summed E-state index contributed by atoms with van der Waals surface area (Å²) in [6.45, 7) is 1.95. The van der Waals surface area contributed by atoms with Gasteiger partial charge in [-0.3, -0.25) is 4.79 Å². The number of hydrogen-bond donors (Lipinski definition) is 2. The van der Waals surface area contributed by atoms with Crippen molar-refractivity contribution in [2.24, 2.45) is 11.8 Å². The van der Waals surface area contributed by atoms with E-state index < -0.39 is 5.82 Å². The first-order valence-electron chi connectivity index (χ1n) is 9.54. The van der Waals surface area contributed by atoms with Gasteiger partial charge >= 0.3 is 0 Å². The summed E-state index contributed by atoms with van der Waals surface area (Å²) in [5.74, 6) is 0.812. The molecule has 2 aromatic heterocycles. The molecule has 0 unspecified atom stereocenters. The first-order chi connectivity index (χ1) is 13.6. The minimum Gasteiger partial charge on any atom is -0.459 e. The lowest BCUT2D eigenvalue weighted by Gasteiger charge is -2.29. The predicted molar refractivity (Wildman–Crippen MR) is 98.6 cm³/mol. The molecule has 1 spiro atoms. The van der Waals surface area contributed by atoms with Crippen LogP contribution in [0.2, 0.25) is 0 Å². The molecule has 0 radical (unpaired) electrons. The first-order valence-corrected chi connectivity index (χ1v) is 9.54. The molecule has 9 heteroatoms. The summed E-state index contributed by atoms with van der Waals surface area (Å²) < 4.78 is 25.3. The summed E-state index contributed by atoms with van der Waals surface area (Å²) in [6.07, 6.45) is 4.81. The lowest BCUT2D eigenvalue weighted by molar-refractivity contribution is 0.0141. The Morgan fingerprint density at radius 2 is 2.39 bits per heavy atom. The van der Waals surface area contributed by atoms with E-state index in [1.165, 1.54) is 12.5 Å². The molecular formula is C19H22FN5O3. The van der Waals surface area contributed by atoms with E-state index in [-0.39, 0.29) is 35.3 Å². The number of furan rings is 1. The number of aromatic nitrogens is 2. The van der Waals surface area contributed by atoms with Crippen molar-refractivity contribution in [3.8, 4) is 0 Å². The Morgan fingerprint density at radius 1 is 1.50 bits per heavy atom. The van der Waals surface area contributed by atoms with E-state index in [9.17, 15) is 9.18 Å². The van der Waals surface area contributed by atoms with Crippen molar-refractivity contribution in [1.29, 1.82) is 0 Å². The highest BCUT2D eigenvalue weighted by Crippen LogP contribution is 2.55. The smallest absolute Gasteiger partial charge is 0.286 e. The molecule has 2 aromatic rings. The van der Waals surface area contributed by atoms with Crippen LogP contribution in [0.4, 0.5) is 16.2 Å². The highest BCUT2D eigenvalue weighted by atomic mass is 19.1. The molecule has 3 aliphatic heterocycles. The van der Waals surface area contributed by atoms with Gasteiger partial charge in [0.25, 0.3) is 5.91 Å². The molecule has 5 heterocycles. The van der Waals surface area contributed by atoms with Gasteiger partial charge in [-0.15, -0.1) is 0 Å². The van der Waals surface area contributed by atoms with Crippen LogP contribution >= 0.6 is 0 Å². The molecule has 3 saturated heterocycles. The fourth-order valence-electron chi connectivity index (χ4n) is 5.01. The summed E-state index contributed by atoms with van der Waals surface area (Å²) in [5, 5.41) is 5.74. The molecule has 28 heavy (non-hydrogen) atoms. The van der Waals surface area contributed by atoms with Gasteiger partial charge in [0.15, 0.2) is 17.4 Å². The summed E-state index contributed by atoms with van der Waals surface area (Å²) >= 11 is 0. The van der Waals surface area contributed by atoms with Gasteiger partial charge in [-0.1, -0.05) is 0 Å². The molecule has 1 amide bonds. The van der Waals surface area contributed by atoms with Gasteiger partial charge in [-0.05, 0) is 25.0 Å². The van der Waals surface area contributed by atoms with Gasteiger partial charge in [0.2, 0.25) is 5.95 Å². The maximum atomic E-state index is 13.7. The molecule has 3 fully saturated rings. The average molecular weight is 387 g/mol. The molecule has 0 saturated carbocycles. The summed E-state index contributed by atoms with van der Waals surface area (Å²) in [4.78, 5) is 22.8. The number of amides is 1. The van der Waals surface area contributed by atoms with Crippen LogP contribution in [0.1, 0.15) is 23.4 Å². The number of hydrogen-bond acceptors (Lipinski definition) is 7. The fourth-order valence-corrected chi connectivity index (χ4v) is 5.01. The van der Waals surface area contributed by atoms with Gasteiger partial charge in [-0.25, -0.2) is 9.37 Å². The second-order valence-electron chi connectivity index (χ2n) is 7.71. The van der Waals surface area contributed by atoms with Gasteiger partial charge in [0.1, 0.15) is 0 Å². The third-order valence-corrected chi connectivity index (χ3v) is 6.28. The molecule has 2 bridgehead atoms. The Hall–Kier alpha value is -2.68. The number of rotatable bonds is 5. The lowest BCUT2D eigenvalue weighted by Crippen LogP contribution is -2.41. The number of ether oxygens (including phenoxy) is 1. The number of carbonyl (C=O) groups excluding carboxylic acids is 1. The second kappa shape index (κ2) is 6.44. The standard InChI is InChI=1S/C19H22FN5O3/c1-21-16-13(20)8-23-18(24-16)25-9-12-11(14-4-5-19(12,10-25)28-14)7-22-17(26)15-3-2-6-27-15/h2-3,6,8,11-12,14H,4-5,7,9-10H2,1H3,(H,22,26)(H,21,23,24)/t11-,12+,14+,19+/m0/s1. The van der Waals surface area contributed by atoms with Crippen molar-refractivity contribution in [3.05, 3.63) is 36.2 Å². The van der Waals surface area contributed by atoms with Crippen LogP contribution in [0, 0.1) is 17.7 Å². The number of nitrogens with zero attached hydrogens (tertiary/aromatic N) is 3. The SMILES string of the molecule is CNc1nc(N2C[C@@H]3[C@H](CNC(=O)c4ccco4)[C@H]4CC[C@]3(C2)O4)ncc1F. The quantitative estimate of drug-likeness (QED) is 0.806. The molecule has 4 atom stereocenters. The largest absolute Gasteiger partial charge is 0.459 e. The Labute approximate surface area is 161 Å². The van der Waals surface area contributed by atoms with Gasteiger partial charge in [0, 0.05) is 32.0 Å². The van der Waals surface area contributed by atoms with Gasteiger partial charge < -0.3 is 24.7 Å². The minimum atomic E-state index is -0.473. The zero-order chi connectivity index (χ0) is 19.3. The van der Waals surface area contributed by atoms with Crippen molar-refractivity contribution >= 4 is 17.7 Å². The third-order valence-electron chi connectivity index (χ3n) is 6.28. The van der Waals surface area contributed by atoms with E-state index in [1.807, 2.05) is 0 Å². The Morgan fingerprint density at radius 3 is 3.18 bits per heavy atom. The maximum absolute atomic E-state index is 13.7. The monoisotopic (exact) mass is 387 g/mol. The summed E-state index contributed by atoms with van der Waals surface area (Å²) in [6, 6.07) is 3.35. The molecule has 3 aliphatic rings. The van der Waals surface area contributed by atoms with Crippen LogP contribution in [0.3, 0.4) is 0 Å². The van der Waals surface area contributed by atoms with Crippen LogP contribution in [-0.2, 0) is 4.74 Å². The van der Waals surface area contributed by atoms with Crippen molar-refractivity contribution < 1.29 is 18.3 Å². The minimum absolute atomic E-state index is 0.158. The van der Waals surface area contributed by atoms with Crippen molar-refractivity contribution in [3.63, 3.8) is 0 Å². The van der Waals surface area contributed by atoms with Crippen molar-refractivity contribution in [2.45, 2.75) is 24.5 Å². The van der Waals surface area contributed by atoms with Crippen molar-refractivity contribution in [1.82, 2.24) is 15.3 Å². The number of halogens is 1. The van der Waals surface area contributed by atoms with E-state index in [1.54, 1.807) is 19.2 Å². The van der Waals surface area contributed by atoms with E-state index in [0.29, 0.717) is 24.8 Å². The maximum Gasteiger partial charge on any atom is 0.286 e. The molecule has 8 nitrogen and oxygen atoms in total. The topological polar surface area (TPSA) is 92.5 Å². The molecule has 0 aromatic carbocycles. The van der Waals surface area contributed by atoms with E-state index in [0.717, 1.165) is 19.4 Å². The summed E-state index contributed by atoms with van der Waals surface area (Å²) in [5.41, 5.74) is -0.234. The number of fused-ring (bicyclic) bond motifs is 1. The second-order valence-corrected chi connectivity index (χ2v) is 7.71. The van der Waals surface area contributed by atoms with E-state index in [4.69, 9.17) is 9.15 Å². The summed E-state index contributed by atoms with van der Waals surface area (Å²) in [7, 11) is 1.63. The number of anilines is 2. The Kier molecular flexibility index (Phi) is 4.01. The fraction of sp³-hybridized carbons (Fsp3) is 0.526. The number of carbonyl (C=O) groups is 1. The lowest BCUT2D eigenvalue weighted by atomic mass is 9.73. The van der Waals surface area contributed by atoms with E-state index in [2.05, 4.69) is 25.5 Å². The third kappa shape index (κ3) is 2.64. The first kappa shape index (κ1) is 17.4. The van der Waals surface area contributed by atoms with Gasteiger partial charge in [0.05, 0.1) is 30.7 Å². The zero-order valence-electron chi connectivity index (χ0n) is 15.5. The van der Waals surface area contributed by atoms with E-state index >= 15 is 0 Å². The van der Waals surface area contributed by atoms with Crippen molar-refractivity contribution in [2.75, 3.05) is 36.9 Å². The molecule has 2 N–H and O–H groups in total.